The van der Waals surface area contributed by atoms with E-state index in [2.05, 4.69) is 25.8 Å². The highest BCUT2D eigenvalue weighted by atomic mass is 79.9. The first-order valence-corrected chi connectivity index (χ1v) is 7.68. The fourth-order valence-corrected chi connectivity index (χ4v) is 2.77. The number of piperazine rings is 1. The summed E-state index contributed by atoms with van der Waals surface area (Å²) in [6.07, 6.45) is 1.69. The van der Waals surface area contributed by atoms with Gasteiger partial charge >= 0.3 is 0 Å². The predicted molar refractivity (Wildman–Crippen MR) is 81.8 cm³/mol. The number of carbonyl (C=O) groups is 1. The maximum Gasteiger partial charge on any atom is 0.272 e. The van der Waals surface area contributed by atoms with Crippen LogP contribution < -0.4 is 0 Å². The van der Waals surface area contributed by atoms with Gasteiger partial charge in [-0.1, -0.05) is 6.07 Å². The van der Waals surface area contributed by atoms with Crippen molar-refractivity contribution in [3.05, 3.63) is 52.7 Å². The molecule has 0 bridgehead atoms. The van der Waals surface area contributed by atoms with Crippen LogP contribution in [-0.4, -0.2) is 46.9 Å². The summed E-state index contributed by atoms with van der Waals surface area (Å²) in [5.41, 5.74) is 0.490. The molecular weight excluding hydrogens is 334 g/mol. The molecule has 1 saturated heterocycles. The summed E-state index contributed by atoms with van der Waals surface area (Å²) in [6, 6.07) is 9.27. The van der Waals surface area contributed by atoms with Crippen LogP contribution in [0.4, 0.5) is 0 Å². The van der Waals surface area contributed by atoms with Gasteiger partial charge < -0.3 is 9.32 Å². The Morgan fingerprint density at radius 2 is 2.00 bits per heavy atom. The van der Waals surface area contributed by atoms with Gasteiger partial charge in [0, 0.05) is 26.2 Å². The van der Waals surface area contributed by atoms with Crippen LogP contribution in [0.5, 0.6) is 0 Å². The molecule has 0 unspecified atom stereocenters. The van der Waals surface area contributed by atoms with E-state index in [9.17, 15) is 4.79 Å². The van der Waals surface area contributed by atoms with Crippen molar-refractivity contribution in [2.75, 3.05) is 26.2 Å². The highest BCUT2D eigenvalue weighted by Gasteiger charge is 2.23. The van der Waals surface area contributed by atoms with E-state index in [0.29, 0.717) is 23.4 Å². The molecule has 2 aromatic heterocycles. The number of rotatable bonds is 3. The van der Waals surface area contributed by atoms with E-state index < -0.39 is 0 Å². The Bertz CT molecular complexity index is 607. The zero-order valence-corrected chi connectivity index (χ0v) is 13.1. The van der Waals surface area contributed by atoms with Gasteiger partial charge in [-0.25, -0.2) is 4.98 Å². The van der Waals surface area contributed by atoms with Crippen molar-refractivity contribution in [1.29, 1.82) is 0 Å². The van der Waals surface area contributed by atoms with E-state index >= 15 is 0 Å². The van der Waals surface area contributed by atoms with Gasteiger partial charge in [-0.3, -0.25) is 9.69 Å². The van der Waals surface area contributed by atoms with E-state index in [1.165, 1.54) is 0 Å². The lowest BCUT2D eigenvalue weighted by atomic mass is 10.2. The second-order valence-corrected chi connectivity index (χ2v) is 5.81. The molecule has 21 heavy (non-hydrogen) atoms. The Kier molecular flexibility index (Phi) is 4.36. The summed E-state index contributed by atoms with van der Waals surface area (Å²) in [4.78, 5) is 20.7. The van der Waals surface area contributed by atoms with Gasteiger partial charge in [0.2, 0.25) is 0 Å². The molecule has 0 radical (unpaired) electrons. The van der Waals surface area contributed by atoms with Gasteiger partial charge in [-0.15, -0.1) is 0 Å². The molecule has 3 heterocycles. The minimum atomic E-state index is -0.00560. The molecule has 0 atom stereocenters. The topological polar surface area (TPSA) is 49.6 Å². The lowest BCUT2D eigenvalue weighted by molar-refractivity contribution is 0.0614. The minimum absolute atomic E-state index is 0.00560. The van der Waals surface area contributed by atoms with Crippen LogP contribution in [0.3, 0.4) is 0 Å². The Morgan fingerprint density at radius 3 is 2.67 bits per heavy atom. The van der Waals surface area contributed by atoms with Gasteiger partial charge in [-0.2, -0.15) is 0 Å². The zero-order valence-electron chi connectivity index (χ0n) is 11.5. The van der Waals surface area contributed by atoms with Crippen LogP contribution in [-0.2, 0) is 6.54 Å². The highest BCUT2D eigenvalue weighted by Crippen LogP contribution is 2.12. The van der Waals surface area contributed by atoms with Crippen molar-refractivity contribution in [3.63, 3.8) is 0 Å². The lowest BCUT2D eigenvalue weighted by Crippen LogP contribution is -2.48. The molecule has 1 aliphatic rings. The van der Waals surface area contributed by atoms with Gasteiger partial charge in [0.1, 0.15) is 16.1 Å². The molecule has 3 rings (SSSR count). The summed E-state index contributed by atoms with van der Waals surface area (Å²) in [6.45, 7) is 3.92. The van der Waals surface area contributed by atoms with Crippen molar-refractivity contribution in [1.82, 2.24) is 14.8 Å². The standard InChI is InChI=1S/C15H16BrN3O2/c16-14-5-1-4-13(17-14)15(20)19-8-6-18(7-9-19)11-12-3-2-10-21-12/h1-5,10H,6-9,11H2. The molecule has 6 heteroatoms. The largest absolute Gasteiger partial charge is 0.468 e. The van der Waals surface area contributed by atoms with Crippen LogP contribution >= 0.6 is 15.9 Å². The number of amides is 1. The van der Waals surface area contributed by atoms with Crippen LogP contribution in [0.25, 0.3) is 0 Å². The fourth-order valence-electron chi connectivity index (χ4n) is 2.42. The molecule has 0 aromatic carbocycles. The molecular formula is C15H16BrN3O2. The van der Waals surface area contributed by atoms with Crippen molar-refractivity contribution >= 4 is 21.8 Å². The van der Waals surface area contributed by atoms with E-state index in [0.717, 1.165) is 25.4 Å². The fraction of sp³-hybridized carbons (Fsp3) is 0.333. The average molecular weight is 350 g/mol. The Labute approximate surface area is 131 Å². The summed E-state index contributed by atoms with van der Waals surface area (Å²) < 4.78 is 6.04. The Morgan fingerprint density at radius 1 is 1.19 bits per heavy atom. The number of halogens is 1. The Hall–Kier alpha value is -1.66. The molecule has 1 aliphatic heterocycles. The van der Waals surface area contributed by atoms with Crippen molar-refractivity contribution in [3.8, 4) is 0 Å². The summed E-state index contributed by atoms with van der Waals surface area (Å²) in [5, 5.41) is 0. The van der Waals surface area contributed by atoms with E-state index in [4.69, 9.17) is 4.42 Å². The smallest absolute Gasteiger partial charge is 0.272 e. The molecule has 0 saturated carbocycles. The summed E-state index contributed by atoms with van der Waals surface area (Å²) >= 11 is 3.30. The number of pyridine rings is 1. The number of aromatic nitrogens is 1. The maximum absolute atomic E-state index is 12.4. The molecule has 0 N–H and O–H groups in total. The van der Waals surface area contributed by atoms with Gasteiger partial charge in [0.25, 0.3) is 5.91 Å². The third-order valence-corrected chi connectivity index (χ3v) is 3.99. The predicted octanol–water partition coefficient (Wildman–Crippen LogP) is 2.40. The second kappa shape index (κ2) is 6.41. The van der Waals surface area contributed by atoms with E-state index in [1.54, 1.807) is 12.3 Å². The molecule has 0 spiro atoms. The first-order chi connectivity index (χ1) is 10.2. The molecule has 2 aromatic rings. The van der Waals surface area contributed by atoms with Crippen molar-refractivity contribution < 1.29 is 9.21 Å². The van der Waals surface area contributed by atoms with Crippen molar-refractivity contribution in [2.24, 2.45) is 0 Å². The normalized spacial score (nSPS) is 16.1. The van der Waals surface area contributed by atoms with Crippen LogP contribution in [0.2, 0.25) is 0 Å². The monoisotopic (exact) mass is 349 g/mol. The van der Waals surface area contributed by atoms with Crippen LogP contribution in [0.15, 0.2) is 45.6 Å². The Balaban J connectivity index is 1.57. The number of furan rings is 1. The second-order valence-electron chi connectivity index (χ2n) is 4.99. The van der Waals surface area contributed by atoms with Gasteiger partial charge in [0.05, 0.1) is 12.8 Å². The lowest BCUT2D eigenvalue weighted by Gasteiger charge is -2.34. The number of hydrogen-bond acceptors (Lipinski definition) is 4. The zero-order chi connectivity index (χ0) is 14.7. The maximum atomic E-state index is 12.4. The van der Waals surface area contributed by atoms with E-state index in [1.807, 2.05) is 29.2 Å². The summed E-state index contributed by atoms with van der Waals surface area (Å²) in [7, 11) is 0. The molecule has 110 valence electrons. The number of carbonyl (C=O) groups excluding carboxylic acids is 1. The first kappa shape index (κ1) is 14.3. The van der Waals surface area contributed by atoms with Crippen molar-refractivity contribution in [2.45, 2.75) is 6.54 Å². The number of nitrogens with zero attached hydrogens (tertiary/aromatic N) is 3. The van der Waals surface area contributed by atoms with E-state index in [-0.39, 0.29) is 5.91 Å². The third-order valence-electron chi connectivity index (χ3n) is 3.55. The quantitative estimate of drug-likeness (QED) is 0.798. The van der Waals surface area contributed by atoms with Gasteiger partial charge in [-0.05, 0) is 40.2 Å². The van der Waals surface area contributed by atoms with Gasteiger partial charge in [0.15, 0.2) is 0 Å². The first-order valence-electron chi connectivity index (χ1n) is 6.89. The average Bonchev–Trinajstić information content (AvgIpc) is 3.00. The molecule has 1 amide bonds. The molecule has 0 aliphatic carbocycles. The minimum Gasteiger partial charge on any atom is -0.468 e. The SMILES string of the molecule is O=C(c1cccc(Br)n1)N1CCN(Cc2ccco2)CC1. The van der Waals surface area contributed by atoms with Crippen LogP contribution in [0.1, 0.15) is 16.2 Å². The number of hydrogen-bond donors (Lipinski definition) is 0. The highest BCUT2D eigenvalue weighted by molar-refractivity contribution is 9.10. The third kappa shape index (κ3) is 3.51. The summed E-state index contributed by atoms with van der Waals surface area (Å²) in [5.74, 6) is 0.956. The molecule has 1 fully saturated rings. The molecule has 5 nitrogen and oxygen atoms in total. The van der Waals surface area contributed by atoms with Crippen LogP contribution in [0, 0.1) is 0 Å².